The fourth-order valence-corrected chi connectivity index (χ4v) is 2.75. The highest BCUT2D eigenvalue weighted by Gasteiger charge is 2.32. The Kier molecular flexibility index (Phi) is 4.22. The Morgan fingerprint density at radius 3 is 2.56 bits per heavy atom. The van der Waals surface area contributed by atoms with Gasteiger partial charge in [-0.3, -0.25) is 4.68 Å². The van der Waals surface area contributed by atoms with Crippen LogP contribution in [0.3, 0.4) is 0 Å². The second kappa shape index (κ2) is 5.53. The number of nitrogens with zero attached hydrogens (tertiary/aromatic N) is 2. The van der Waals surface area contributed by atoms with Crippen LogP contribution >= 0.6 is 12.6 Å². The summed E-state index contributed by atoms with van der Waals surface area (Å²) in [4.78, 5) is 0. The molecule has 1 saturated heterocycles. The summed E-state index contributed by atoms with van der Waals surface area (Å²) >= 11 is 4.50. The zero-order chi connectivity index (χ0) is 13.2. The van der Waals surface area contributed by atoms with Gasteiger partial charge in [-0.05, 0) is 32.4 Å². The molecule has 0 amide bonds. The smallest absolute Gasteiger partial charge is 0.162 e. The number of hydrogen-bond acceptors (Lipinski definition) is 4. The molecule has 1 aliphatic rings. The Bertz CT molecular complexity index is 411. The molecule has 5 heteroatoms. The molecule has 0 saturated carbocycles. The minimum Gasteiger partial charge on any atom is -0.489 e. The van der Waals surface area contributed by atoms with Crippen LogP contribution in [0, 0.1) is 19.3 Å². The molecule has 1 aliphatic heterocycles. The summed E-state index contributed by atoms with van der Waals surface area (Å²) < 4.78 is 13.3. The highest BCUT2D eigenvalue weighted by atomic mass is 32.1. The van der Waals surface area contributed by atoms with Gasteiger partial charge in [0.1, 0.15) is 5.69 Å². The standard InChI is InChI=1S/C13H22N2O2S/c1-10-12(11(2)15(3)14-10)17-8-13(9-18)4-6-16-7-5-13/h18H,4-9H2,1-3H3. The zero-order valence-electron chi connectivity index (χ0n) is 11.4. The predicted molar refractivity (Wildman–Crippen MR) is 74.5 cm³/mol. The zero-order valence-corrected chi connectivity index (χ0v) is 12.3. The quantitative estimate of drug-likeness (QED) is 0.852. The first-order chi connectivity index (χ1) is 8.58. The SMILES string of the molecule is Cc1nn(C)c(C)c1OCC1(CS)CCOCC1. The second-order valence-corrected chi connectivity index (χ2v) is 5.50. The van der Waals surface area contributed by atoms with Crippen molar-refractivity contribution in [2.45, 2.75) is 26.7 Å². The van der Waals surface area contributed by atoms with Gasteiger partial charge < -0.3 is 9.47 Å². The van der Waals surface area contributed by atoms with Crippen molar-refractivity contribution >= 4 is 12.6 Å². The average Bonchev–Trinajstić information content (AvgIpc) is 2.62. The summed E-state index contributed by atoms with van der Waals surface area (Å²) in [5.74, 6) is 1.76. The summed E-state index contributed by atoms with van der Waals surface area (Å²) in [6.45, 7) is 6.35. The van der Waals surface area contributed by atoms with Crippen molar-refractivity contribution < 1.29 is 9.47 Å². The van der Waals surface area contributed by atoms with Gasteiger partial charge in [0.2, 0.25) is 0 Å². The summed E-state index contributed by atoms with van der Waals surface area (Å²) in [5.41, 5.74) is 2.18. The lowest BCUT2D eigenvalue weighted by molar-refractivity contribution is 0.00287. The van der Waals surface area contributed by atoms with Crippen LogP contribution < -0.4 is 4.74 Å². The maximum absolute atomic E-state index is 6.03. The van der Waals surface area contributed by atoms with Gasteiger partial charge >= 0.3 is 0 Å². The maximum Gasteiger partial charge on any atom is 0.162 e. The lowest BCUT2D eigenvalue weighted by Gasteiger charge is -2.35. The van der Waals surface area contributed by atoms with E-state index in [4.69, 9.17) is 9.47 Å². The van der Waals surface area contributed by atoms with Crippen LogP contribution in [0.2, 0.25) is 0 Å². The third kappa shape index (κ3) is 2.67. The summed E-state index contributed by atoms with van der Waals surface area (Å²) in [6, 6.07) is 0. The highest BCUT2D eigenvalue weighted by Crippen LogP contribution is 2.33. The molecule has 0 radical (unpaired) electrons. The van der Waals surface area contributed by atoms with Gasteiger partial charge in [0, 0.05) is 25.7 Å². The van der Waals surface area contributed by atoms with Crippen molar-refractivity contribution in [2.24, 2.45) is 12.5 Å². The molecule has 18 heavy (non-hydrogen) atoms. The van der Waals surface area contributed by atoms with Crippen LogP contribution in [0.1, 0.15) is 24.2 Å². The van der Waals surface area contributed by atoms with Crippen molar-refractivity contribution in [1.29, 1.82) is 0 Å². The molecule has 102 valence electrons. The Morgan fingerprint density at radius 2 is 2.06 bits per heavy atom. The Balaban J connectivity index is 2.05. The number of rotatable bonds is 4. The predicted octanol–water partition coefficient (Wildman–Crippen LogP) is 2.14. The van der Waals surface area contributed by atoms with Crippen LogP contribution in [0.15, 0.2) is 0 Å². The first-order valence-corrected chi connectivity index (χ1v) is 7.03. The molecule has 1 aromatic heterocycles. The molecule has 0 N–H and O–H groups in total. The largest absolute Gasteiger partial charge is 0.489 e. The molecule has 1 aromatic rings. The molecule has 1 fully saturated rings. The average molecular weight is 270 g/mol. The van der Waals surface area contributed by atoms with Crippen LogP contribution in [0.25, 0.3) is 0 Å². The topological polar surface area (TPSA) is 36.3 Å². The summed E-state index contributed by atoms with van der Waals surface area (Å²) in [6.07, 6.45) is 2.05. The van der Waals surface area contributed by atoms with Gasteiger partial charge in [0.05, 0.1) is 12.3 Å². The number of aromatic nitrogens is 2. The van der Waals surface area contributed by atoms with Gasteiger partial charge in [0.15, 0.2) is 5.75 Å². The van der Waals surface area contributed by atoms with Crippen molar-refractivity contribution in [1.82, 2.24) is 9.78 Å². The van der Waals surface area contributed by atoms with Crippen LogP contribution in [0.4, 0.5) is 0 Å². The molecule has 0 bridgehead atoms. The van der Waals surface area contributed by atoms with E-state index in [1.54, 1.807) is 0 Å². The third-order valence-corrected chi connectivity index (χ3v) is 4.53. The third-order valence-electron chi connectivity index (χ3n) is 3.85. The molecule has 0 aliphatic carbocycles. The minimum atomic E-state index is 0.149. The molecule has 0 spiro atoms. The molecule has 0 unspecified atom stereocenters. The summed E-state index contributed by atoms with van der Waals surface area (Å²) in [7, 11) is 1.94. The number of thiol groups is 1. The molecule has 2 heterocycles. The lowest BCUT2D eigenvalue weighted by Crippen LogP contribution is -2.37. The van der Waals surface area contributed by atoms with Gasteiger partial charge in [-0.15, -0.1) is 0 Å². The van der Waals surface area contributed by atoms with Gasteiger partial charge in [0.25, 0.3) is 0 Å². The van der Waals surface area contributed by atoms with Crippen LogP contribution in [-0.2, 0) is 11.8 Å². The number of hydrogen-bond donors (Lipinski definition) is 1. The highest BCUT2D eigenvalue weighted by molar-refractivity contribution is 7.80. The monoisotopic (exact) mass is 270 g/mol. The van der Waals surface area contributed by atoms with E-state index < -0.39 is 0 Å². The molecular formula is C13H22N2O2S. The van der Waals surface area contributed by atoms with Gasteiger partial charge in [-0.2, -0.15) is 17.7 Å². The molecule has 0 atom stereocenters. The van der Waals surface area contributed by atoms with Crippen LogP contribution in [0.5, 0.6) is 5.75 Å². The number of aryl methyl sites for hydroxylation is 2. The molecule has 2 rings (SSSR count). The van der Waals surface area contributed by atoms with Gasteiger partial charge in [-0.25, -0.2) is 0 Å². The van der Waals surface area contributed by atoms with E-state index in [-0.39, 0.29) is 5.41 Å². The van der Waals surface area contributed by atoms with E-state index in [2.05, 4.69) is 17.7 Å². The molecule has 0 aromatic carbocycles. The fourth-order valence-electron chi connectivity index (χ4n) is 2.34. The summed E-state index contributed by atoms with van der Waals surface area (Å²) in [5, 5.41) is 4.37. The van der Waals surface area contributed by atoms with Gasteiger partial charge in [-0.1, -0.05) is 0 Å². The first-order valence-electron chi connectivity index (χ1n) is 6.40. The van der Waals surface area contributed by atoms with E-state index in [0.717, 1.165) is 48.9 Å². The normalized spacial score (nSPS) is 18.9. The molecular weight excluding hydrogens is 248 g/mol. The van der Waals surface area contributed by atoms with Crippen LogP contribution in [-0.4, -0.2) is 35.4 Å². The van der Waals surface area contributed by atoms with Crippen molar-refractivity contribution in [3.8, 4) is 5.75 Å². The first kappa shape index (κ1) is 13.7. The minimum absolute atomic E-state index is 0.149. The van der Waals surface area contributed by atoms with Crippen molar-refractivity contribution in [2.75, 3.05) is 25.6 Å². The maximum atomic E-state index is 6.03. The fraction of sp³-hybridized carbons (Fsp3) is 0.769. The number of ether oxygens (including phenoxy) is 2. The Labute approximate surface area is 114 Å². The Hall–Kier alpha value is -0.680. The van der Waals surface area contributed by atoms with E-state index in [0.29, 0.717) is 6.61 Å². The van der Waals surface area contributed by atoms with Crippen molar-refractivity contribution in [3.63, 3.8) is 0 Å². The lowest BCUT2D eigenvalue weighted by atomic mass is 9.83. The van der Waals surface area contributed by atoms with E-state index >= 15 is 0 Å². The molecule has 4 nitrogen and oxygen atoms in total. The van der Waals surface area contributed by atoms with E-state index in [1.807, 2.05) is 25.6 Å². The van der Waals surface area contributed by atoms with E-state index in [9.17, 15) is 0 Å². The Morgan fingerprint density at radius 1 is 1.39 bits per heavy atom. The van der Waals surface area contributed by atoms with Crippen molar-refractivity contribution in [3.05, 3.63) is 11.4 Å². The second-order valence-electron chi connectivity index (χ2n) is 5.18. The van der Waals surface area contributed by atoms with E-state index in [1.165, 1.54) is 0 Å².